The van der Waals surface area contributed by atoms with Crippen LogP contribution in [0.4, 0.5) is 5.69 Å². The zero-order valence-corrected chi connectivity index (χ0v) is 12.5. The number of nitrogens with zero attached hydrogens (tertiary/aromatic N) is 1. The molecule has 3 heteroatoms. The lowest BCUT2D eigenvalue weighted by molar-refractivity contribution is -0.117. The molecule has 1 atom stereocenters. The number of rotatable bonds is 2. The lowest BCUT2D eigenvalue weighted by atomic mass is 10.0. The quantitative estimate of drug-likeness (QED) is 0.769. The summed E-state index contributed by atoms with van der Waals surface area (Å²) in [6, 6.07) is 12.5. The molecule has 2 aromatic carbocycles. The number of carbonyl (C=O) groups is 1. The van der Waals surface area contributed by atoms with E-state index in [9.17, 15) is 4.79 Å². The predicted molar refractivity (Wildman–Crippen MR) is 82.9 cm³/mol. The van der Waals surface area contributed by atoms with Gasteiger partial charge in [-0.05, 0) is 23.8 Å². The number of aryl methyl sites for hydroxylation is 1. The van der Waals surface area contributed by atoms with Crippen molar-refractivity contribution in [1.29, 1.82) is 0 Å². The first-order valence-corrected chi connectivity index (χ1v) is 7.67. The van der Waals surface area contributed by atoms with Crippen LogP contribution in [0.15, 0.2) is 36.4 Å². The minimum atomic E-state index is 0.240. The SMILES string of the molecule is Cc1ccc2ccccc2c1N1CC(CBr)CC1=O. The lowest BCUT2D eigenvalue weighted by Gasteiger charge is -2.21. The molecule has 0 spiro atoms. The van der Waals surface area contributed by atoms with Crippen molar-refractivity contribution in [3.05, 3.63) is 42.0 Å². The number of hydrogen-bond acceptors (Lipinski definition) is 1. The van der Waals surface area contributed by atoms with Crippen LogP contribution < -0.4 is 4.90 Å². The second-order valence-electron chi connectivity index (χ2n) is 5.18. The van der Waals surface area contributed by atoms with Crippen LogP contribution in [-0.2, 0) is 4.79 Å². The molecule has 0 aromatic heterocycles. The van der Waals surface area contributed by atoms with Crippen molar-refractivity contribution in [3.63, 3.8) is 0 Å². The normalized spacial score (nSPS) is 19.4. The Kier molecular flexibility index (Phi) is 3.31. The largest absolute Gasteiger partial charge is 0.311 e. The van der Waals surface area contributed by atoms with Crippen LogP contribution in [0.1, 0.15) is 12.0 Å². The Bertz CT molecular complexity index is 638. The van der Waals surface area contributed by atoms with Crippen LogP contribution in [0.5, 0.6) is 0 Å². The molecule has 1 saturated heterocycles. The number of carbonyl (C=O) groups excluding carboxylic acids is 1. The lowest BCUT2D eigenvalue weighted by Crippen LogP contribution is -2.25. The summed E-state index contributed by atoms with van der Waals surface area (Å²) in [5.74, 6) is 0.662. The highest BCUT2D eigenvalue weighted by atomic mass is 79.9. The molecule has 0 saturated carbocycles. The molecule has 0 aliphatic carbocycles. The van der Waals surface area contributed by atoms with Gasteiger partial charge in [0, 0.05) is 23.7 Å². The van der Waals surface area contributed by atoms with Gasteiger partial charge in [-0.2, -0.15) is 0 Å². The Hall–Kier alpha value is -1.35. The topological polar surface area (TPSA) is 20.3 Å². The van der Waals surface area contributed by atoms with Gasteiger partial charge in [-0.3, -0.25) is 4.79 Å². The fourth-order valence-corrected chi connectivity index (χ4v) is 3.26. The maximum atomic E-state index is 12.2. The third kappa shape index (κ3) is 2.16. The highest BCUT2D eigenvalue weighted by Crippen LogP contribution is 2.34. The van der Waals surface area contributed by atoms with Crippen LogP contribution in [0.3, 0.4) is 0 Å². The first kappa shape index (κ1) is 12.7. The number of benzene rings is 2. The summed E-state index contributed by atoms with van der Waals surface area (Å²) in [6.45, 7) is 2.90. The molecule has 1 aliphatic heterocycles. The van der Waals surface area contributed by atoms with Gasteiger partial charge in [0.1, 0.15) is 0 Å². The minimum absolute atomic E-state index is 0.240. The van der Waals surface area contributed by atoms with Crippen molar-refractivity contribution in [3.8, 4) is 0 Å². The standard InChI is InChI=1S/C16H16BrNO/c1-11-6-7-13-4-2-3-5-14(13)16(11)18-10-12(9-17)8-15(18)19/h2-7,12H,8-10H2,1H3. The molecule has 1 aliphatic rings. The Labute approximate surface area is 121 Å². The second-order valence-corrected chi connectivity index (χ2v) is 5.83. The Morgan fingerprint density at radius 1 is 1.26 bits per heavy atom. The zero-order valence-electron chi connectivity index (χ0n) is 10.9. The third-order valence-electron chi connectivity index (χ3n) is 3.80. The first-order valence-electron chi connectivity index (χ1n) is 6.55. The molecule has 1 unspecified atom stereocenters. The average Bonchev–Trinajstić information content (AvgIpc) is 2.80. The van der Waals surface area contributed by atoms with Gasteiger partial charge >= 0.3 is 0 Å². The van der Waals surface area contributed by atoms with Gasteiger partial charge in [0.05, 0.1) is 5.69 Å². The van der Waals surface area contributed by atoms with Crippen molar-refractivity contribution in [2.45, 2.75) is 13.3 Å². The summed E-state index contributed by atoms with van der Waals surface area (Å²) < 4.78 is 0. The fourth-order valence-electron chi connectivity index (χ4n) is 2.82. The van der Waals surface area contributed by atoms with Gasteiger partial charge in [-0.25, -0.2) is 0 Å². The minimum Gasteiger partial charge on any atom is -0.311 e. The summed E-state index contributed by atoms with van der Waals surface area (Å²) in [7, 11) is 0. The van der Waals surface area contributed by atoms with E-state index >= 15 is 0 Å². The molecule has 2 nitrogen and oxygen atoms in total. The van der Waals surface area contributed by atoms with Crippen molar-refractivity contribution >= 4 is 38.3 Å². The van der Waals surface area contributed by atoms with Crippen LogP contribution in [-0.4, -0.2) is 17.8 Å². The van der Waals surface area contributed by atoms with E-state index in [-0.39, 0.29) is 5.91 Å². The van der Waals surface area contributed by atoms with Crippen molar-refractivity contribution in [2.24, 2.45) is 5.92 Å². The number of amides is 1. The molecule has 0 radical (unpaired) electrons. The monoisotopic (exact) mass is 317 g/mol. The number of alkyl halides is 1. The van der Waals surface area contributed by atoms with E-state index < -0.39 is 0 Å². The van der Waals surface area contributed by atoms with Crippen LogP contribution >= 0.6 is 15.9 Å². The molecule has 98 valence electrons. The van der Waals surface area contributed by atoms with E-state index in [1.54, 1.807) is 0 Å². The average molecular weight is 318 g/mol. The van der Waals surface area contributed by atoms with E-state index in [0.29, 0.717) is 12.3 Å². The van der Waals surface area contributed by atoms with Crippen molar-refractivity contribution < 1.29 is 4.79 Å². The van der Waals surface area contributed by atoms with Crippen LogP contribution in [0.25, 0.3) is 10.8 Å². The maximum Gasteiger partial charge on any atom is 0.227 e. The first-order chi connectivity index (χ1) is 9.20. The maximum absolute atomic E-state index is 12.2. The van der Waals surface area contributed by atoms with E-state index in [2.05, 4.69) is 47.1 Å². The van der Waals surface area contributed by atoms with Gasteiger partial charge in [0.15, 0.2) is 0 Å². The van der Waals surface area contributed by atoms with E-state index in [0.717, 1.165) is 17.6 Å². The summed E-state index contributed by atoms with van der Waals surface area (Å²) in [6.07, 6.45) is 0.647. The van der Waals surface area contributed by atoms with Crippen molar-refractivity contribution in [2.75, 3.05) is 16.8 Å². The Morgan fingerprint density at radius 2 is 2.05 bits per heavy atom. The molecular formula is C16H16BrNO. The highest BCUT2D eigenvalue weighted by Gasteiger charge is 2.31. The Balaban J connectivity index is 2.14. The molecule has 0 N–H and O–H groups in total. The molecule has 3 rings (SSSR count). The molecule has 1 heterocycles. The molecule has 0 bridgehead atoms. The Morgan fingerprint density at radius 3 is 2.79 bits per heavy atom. The molecule has 1 fully saturated rings. The van der Waals surface area contributed by atoms with Crippen molar-refractivity contribution in [1.82, 2.24) is 0 Å². The van der Waals surface area contributed by atoms with E-state index in [1.807, 2.05) is 17.0 Å². The fraction of sp³-hybridized carbons (Fsp3) is 0.312. The number of hydrogen-bond donors (Lipinski definition) is 0. The van der Waals surface area contributed by atoms with Crippen LogP contribution in [0, 0.1) is 12.8 Å². The van der Waals surface area contributed by atoms with Crippen LogP contribution in [0.2, 0.25) is 0 Å². The molecular weight excluding hydrogens is 302 g/mol. The van der Waals surface area contributed by atoms with Gasteiger partial charge in [-0.1, -0.05) is 52.3 Å². The van der Waals surface area contributed by atoms with Gasteiger partial charge in [0.25, 0.3) is 0 Å². The molecule has 2 aromatic rings. The summed E-state index contributed by atoms with van der Waals surface area (Å²) >= 11 is 3.49. The third-order valence-corrected chi connectivity index (χ3v) is 4.71. The summed E-state index contributed by atoms with van der Waals surface area (Å²) in [4.78, 5) is 14.2. The zero-order chi connectivity index (χ0) is 13.4. The van der Waals surface area contributed by atoms with Gasteiger partial charge < -0.3 is 4.90 Å². The second kappa shape index (κ2) is 4.97. The number of anilines is 1. The molecule has 1 amide bonds. The number of fused-ring (bicyclic) bond motifs is 1. The summed E-state index contributed by atoms with van der Waals surface area (Å²) in [5, 5.41) is 3.25. The summed E-state index contributed by atoms with van der Waals surface area (Å²) in [5.41, 5.74) is 2.26. The predicted octanol–water partition coefficient (Wildman–Crippen LogP) is 3.90. The smallest absolute Gasteiger partial charge is 0.227 e. The van der Waals surface area contributed by atoms with Gasteiger partial charge in [0.2, 0.25) is 5.91 Å². The highest BCUT2D eigenvalue weighted by molar-refractivity contribution is 9.09. The van der Waals surface area contributed by atoms with Gasteiger partial charge in [-0.15, -0.1) is 0 Å². The number of halogens is 1. The molecule has 19 heavy (non-hydrogen) atoms. The van der Waals surface area contributed by atoms with E-state index in [1.165, 1.54) is 16.3 Å². The van der Waals surface area contributed by atoms with E-state index in [4.69, 9.17) is 0 Å².